The van der Waals surface area contributed by atoms with Crippen LogP contribution in [0.3, 0.4) is 0 Å². The molecule has 0 saturated carbocycles. The van der Waals surface area contributed by atoms with Crippen molar-refractivity contribution < 1.29 is 18.7 Å². The third-order valence-corrected chi connectivity index (χ3v) is 5.13. The molecule has 1 fully saturated rings. The molecule has 2 aromatic rings. The van der Waals surface area contributed by atoms with E-state index in [1.807, 2.05) is 32.9 Å². The number of ether oxygens (including phenoxy) is 1. The molecule has 6 heteroatoms. The topological polar surface area (TPSA) is 58.6 Å². The quantitative estimate of drug-likeness (QED) is 0.621. The number of esters is 1. The van der Waals surface area contributed by atoms with Crippen molar-refractivity contribution in [3.63, 3.8) is 0 Å². The van der Waals surface area contributed by atoms with E-state index in [9.17, 15) is 14.0 Å². The summed E-state index contributed by atoms with van der Waals surface area (Å²) in [6, 6.07) is 9.50. The molecule has 1 heterocycles. The summed E-state index contributed by atoms with van der Waals surface area (Å²) in [5.41, 5.74) is 3.16. The monoisotopic (exact) mass is 384 g/mol. The number of piperidine rings is 1. The summed E-state index contributed by atoms with van der Waals surface area (Å²) in [6.07, 6.45) is 1.35. The highest BCUT2D eigenvalue weighted by Crippen LogP contribution is 2.26. The van der Waals surface area contributed by atoms with Gasteiger partial charge in [0.25, 0.3) is 0 Å². The Hall–Kier alpha value is -2.89. The highest BCUT2D eigenvalue weighted by Gasteiger charge is 2.30. The van der Waals surface area contributed by atoms with Gasteiger partial charge in [0, 0.05) is 13.1 Å². The normalized spacial score (nSPS) is 16.6. The van der Waals surface area contributed by atoms with Gasteiger partial charge in [0.2, 0.25) is 0 Å². The minimum atomic E-state index is -0.492. The molecule has 1 saturated heterocycles. The Kier molecular flexibility index (Phi) is 5.97. The van der Waals surface area contributed by atoms with E-state index in [0.29, 0.717) is 25.1 Å². The number of amides is 2. The third-order valence-electron chi connectivity index (χ3n) is 5.13. The molecule has 0 unspecified atom stereocenters. The van der Waals surface area contributed by atoms with Gasteiger partial charge in [-0.3, -0.25) is 4.79 Å². The van der Waals surface area contributed by atoms with E-state index in [1.54, 1.807) is 12.1 Å². The molecule has 148 valence electrons. The van der Waals surface area contributed by atoms with Crippen molar-refractivity contribution in [2.45, 2.75) is 33.6 Å². The van der Waals surface area contributed by atoms with Crippen molar-refractivity contribution in [3.05, 3.63) is 58.9 Å². The number of nitrogens with one attached hydrogen (secondary N) is 1. The van der Waals surface area contributed by atoms with Crippen LogP contribution in [-0.4, -0.2) is 30.0 Å². The maximum Gasteiger partial charge on any atom is 0.321 e. The van der Waals surface area contributed by atoms with Gasteiger partial charge in [0.05, 0.1) is 11.6 Å². The summed E-state index contributed by atoms with van der Waals surface area (Å²) >= 11 is 0. The van der Waals surface area contributed by atoms with Crippen molar-refractivity contribution in [2.24, 2.45) is 5.92 Å². The Balaban J connectivity index is 1.65. The molecule has 0 bridgehead atoms. The number of halogens is 1. The number of hydrogen-bond acceptors (Lipinski definition) is 3. The van der Waals surface area contributed by atoms with Gasteiger partial charge in [0.15, 0.2) is 0 Å². The molecule has 0 radical (unpaired) electrons. The second-order valence-electron chi connectivity index (χ2n) is 7.32. The maximum atomic E-state index is 13.8. The van der Waals surface area contributed by atoms with E-state index in [2.05, 4.69) is 5.32 Å². The van der Waals surface area contributed by atoms with Gasteiger partial charge in [-0.15, -0.1) is 0 Å². The number of benzene rings is 2. The van der Waals surface area contributed by atoms with Crippen LogP contribution in [0.2, 0.25) is 0 Å². The summed E-state index contributed by atoms with van der Waals surface area (Å²) in [7, 11) is 0. The average Bonchev–Trinajstić information content (AvgIpc) is 2.67. The number of rotatable bonds is 3. The van der Waals surface area contributed by atoms with Crippen LogP contribution in [-0.2, 0) is 4.79 Å². The van der Waals surface area contributed by atoms with Gasteiger partial charge in [-0.2, -0.15) is 0 Å². The molecule has 2 amide bonds. The van der Waals surface area contributed by atoms with Crippen molar-refractivity contribution in [1.82, 2.24) is 4.90 Å². The van der Waals surface area contributed by atoms with E-state index in [1.165, 1.54) is 17.0 Å². The van der Waals surface area contributed by atoms with Gasteiger partial charge in [-0.1, -0.05) is 18.2 Å². The van der Waals surface area contributed by atoms with Crippen molar-refractivity contribution in [1.29, 1.82) is 0 Å². The first-order valence-corrected chi connectivity index (χ1v) is 9.45. The Bertz CT molecular complexity index is 897. The SMILES string of the molecule is Cc1cc(C)c(C)c(OC(=O)[C@H]2CCCN(C(=O)Nc3ccccc3F)C2)c1. The van der Waals surface area contributed by atoms with Crippen LogP contribution in [0.25, 0.3) is 0 Å². The fraction of sp³-hybridized carbons (Fsp3) is 0.364. The van der Waals surface area contributed by atoms with Crippen LogP contribution in [0.4, 0.5) is 14.9 Å². The number of para-hydroxylation sites is 1. The predicted octanol–water partition coefficient (Wildman–Crippen LogP) is 4.60. The third kappa shape index (κ3) is 4.50. The molecule has 0 spiro atoms. The van der Waals surface area contributed by atoms with Crippen LogP contribution in [0.5, 0.6) is 5.75 Å². The Morgan fingerprint density at radius 2 is 1.93 bits per heavy atom. The van der Waals surface area contributed by atoms with Gasteiger partial charge in [0.1, 0.15) is 11.6 Å². The molecule has 0 aliphatic carbocycles. The van der Waals surface area contributed by atoms with Gasteiger partial charge in [-0.25, -0.2) is 9.18 Å². The molecule has 0 aromatic heterocycles. The van der Waals surface area contributed by atoms with E-state index in [-0.39, 0.29) is 18.2 Å². The summed E-state index contributed by atoms with van der Waals surface area (Å²) in [6.45, 7) is 6.64. The fourth-order valence-corrected chi connectivity index (χ4v) is 3.41. The van der Waals surface area contributed by atoms with Gasteiger partial charge in [-0.05, 0) is 68.5 Å². The van der Waals surface area contributed by atoms with E-state index in [0.717, 1.165) is 16.7 Å². The number of carbonyl (C=O) groups is 2. The van der Waals surface area contributed by atoms with Crippen LogP contribution in [0.1, 0.15) is 29.5 Å². The van der Waals surface area contributed by atoms with E-state index in [4.69, 9.17) is 4.74 Å². The number of hydrogen-bond donors (Lipinski definition) is 1. The average molecular weight is 384 g/mol. The predicted molar refractivity (Wildman–Crippen MR) is 106 cm³/mol. The standard InChI is InChI=1S/C22H25FN2O3/c1-14-11-15(2)16(3)20(12-14)28-21(26)17-7-6-10-25(13-17)22(27)24-19-9-5-4-8-18(19)23/h4-5,8-9,11-12,17H,6-7,10,13H2,1-3H3,(H,24,27)/t17-/m0/s1. The highest BCUT2D eigenvalue weighted by molar-refractivity contribution is 5.90. The molecule has 2 aromatic carbocycles. The van der Waals surface area contributed by atoms with Gasteiger partial charge < -0.3 is 15.0 Å². The first-order valence-electron chi connectivity index (χ1n) is 9.45. The Labute approximate surface area is 164 Å². The molecular formula is C22H25FN2O3. The second-order valence-corrected chi connectivity index (χ2v) is 7.32. The minimum Gasteiger partial charge on any atom is -0.426 e. The molecule has 1 N–H and O–H groups in total. The van der Waals surface area contributed by atoms with Crippen LogP contribution < -0.4 is 10.1 Å². The number of aryl methyl sites for hydroxylation is 2. The van der Waals surface area contributed by atoms with E-state index >= 15 is 0 Å². The zero-order chi connectivity index (χ0) is 20.3. The lowest BCUT2D eigenvalue weighted by molar-refractivity contribution is -0.140. The van der Waals surface area contributed by atoms with Crippen LogP contribution in [0, 0.1) is 32.5 Å². The minimum absolute atomic E-state index is 0.128. The highest BCUT2D eigenvalue weighted by atomic mass is 19.1. The lowest BCUT2D eigenvalue weighted by Crippen LogP contribution is -2.45. The molecule has 3 rings (SSSR count). The molecule has 1 aliphatic heterocycles. The van der Waals surface area contributed by atoms with Crippen LogP contribution >= 0.6 is 0 Å². The lowest BCUT2D eigenvalue weighted by Gasteiger charge is -2.31. The molecular weight excluding hydrogens is 359 g/mol. The molecule has 1 atom stereocenters. The van der Waals surface area contributed by atoms with Crippen molar-refractivity contribution in [3.8, 4) is 5.75 Å². The largest absolute Gasteiger partial charge is 0.426 e. The van der Waals surface area contributed by atoms with Gasteiger partial charge >= 0.3 is 12.0 Å². The first-order chi connectivity index (χ1) is 13.3. The summed E-state index contributed by atoms with van der Waals surface area (Å²) in [4.78, 5) is 26.7. The zero-order valence-electron chi connectivity index (χ0n) is 16.4. The zero-order valence-corrected chi connectivity index (χ0v) is 16.4. The number of carbonyl (C=O) groups excluding carboxylic acids is 2. The molecule has 1 aliphatic rings. The number of nitrogens with zero attached hydrogens (tertiary/aromatic N) is 1. The van der Waals surface area contributed by atoms with Crippen molar-refractivity contribution in [2.75, 3.05) is 18.4 Å². The summed E-state index contributed by atoms with van der Waals surface area (Å²) in [5.74, 6) is -0.665. The summed E-state index contributed by atoms with van der Waals surface area (Å²) < 4.78 is 19.4. The fourth-order valence-electron chi connectivity index (χ4n) is 3.41. The lowest BCUT2D eigenvalue weighted by atomic mass is 9.98. The smallest absolute Gasteiger partial charge is 0.321 e. The van der Waals surface area contributed by atoms with Crippen molar-refractivity contribution >= 4 is 17.7 Å². The molecule has 28 heavy (non-hydrogen) atoms. The Morgan fingerprint density at radius 1 is 1.18 bits per heavy atom. The summed E-state index contributed by atoms with van der Waals surface area (Å²) in [5, 5.41) is 2.57. The first kappa shape index (κ1) is 19.9. The number of urea groups is 1. The maximum absolute atomic E-state index is 13.8. The molecule has 5 nitrogen and oxygen atoms in total. The second kappa shape index (κ2) is 8.42. The number of anilines is 1. The number of likely N-dealkylation sites (tertiary alicyclic amines) is 1. The Morgan fingerprint density at radius 3 is 2.68 bits per heavy atom. The van der Waals surface area contributed by atoms with Crippen LogP contribution in [0.15, 0.2) is 36.4 Å². The van der Waals surface area contributed by atoms with E-state index < -0.39 is 17.8 Å².